The maximum absolute atomic E-state index is 6.16. The van der Waals surface area contributed by atoms with E-state index < -0.39 is 0 Å². The van der Waals surface area contributed by atoms with Gasteiger partial charge in [0, 0.05) is 25.7 Å². The minimum Gasteiger partial charge on any atom is -0.355 e. The van der Waals surface area contributed by atoms with Gasteiger partial charge in [-0.1, -0.05) is 11.6 Å². The molecule has 0 radical (unpaired) electrons. The van der Waals surface area contributed by atoms with Crippen molar-refractivity contribution in [2.45, 2.75) is 25.4 Å². The van der Waals surface area contributed by atoms with Gasteiger partial charge >= 0.3 is 0 Å². The Morgan fingerprint density at radius 2 is 2.26 bits per heavy atom. The largest absolute Gasteiger partial charge is 0.355 e. The second-order valence-electron chi connectivity index (χ2n) is 5.33. The molecular weight excluding hydrogens is 260 g/mol. The average Bonchev–Trinajstić information content (AvgIpc) is 2.41. The summed E-state index contributed by atoms with van der Waals surface area (Å²) in [5.74, 6) is 1.04. The van der Waals surface area contributed by atoms with Crippen LogP contribution in [-0.4, -0.2) is 50.2 Å². The van der Waals surface area contributed by atoms with Crippen molar-refractivity contribution in [3.05, 3.63) is 22.8 Å². The average molecular weight is 283 g/mol. The summed E-state index contributed by atoms with van der Waals surface area (Å²) in [6.07, 6.45) is 2.48. The van der Waals surface area contributed by atoms with E-state index in [9.17, 15) is 0 Å². The van der Waals surface area contributed by atoms with Crippen molar-refractivity contribution in [1.29, 1.82) is 0 Å². The number of anilines is 1. The molecule has 1 aliphatic heterocycles. The van der Waals surface area contributed by atoms with Crippen LogP contribution in [0.3, 0.4) is 0 Å². The number of hydrogen-bond acceptors (Lipinski definition) is 4. The van der Waals surface area contributed by atoms with Crippen LogP contribution < -0.4 is 10.2 Å². The van der Waals surface area contributed by atoms with Gasteiger partial charge in [-0.3, -0.25) is 0 Å². The minimum atomic E-state index is 0.610. The lowest BCUT2D eigenvalue weighted by Gasteiger charge is -2.37. The lowest BCUT2D eigenvalue weighted by molar-refractivity contribution is 0.257. The first-order valence-electron chi connectivity index (χ1n) is 6.83. The van der Waals surface area contributed by atoms with Crippen molar-refractivity contribution >= 4 is 17.4 Å². The van der Waals surface area contributed by atoms with Gasteiger partial charge in [-0.2, -0.15) is 0 Å². The summed E-state index contributed by atoms with van der Waals surface area (Å²) in [5, 5.41) is 3.84. The standard InChI is InChI=1S/C14H23ClN4/c1-16-9-13-12(15)6-7-14(17-13)19-8-4-5-11(10-19)18(2)3/h6-7,11,16H,4-5,8-10H2,1-3H3. The Bertz CT molecular complexity index is 422. The zero-order valence-electron chi connectivity index (χ0n) is 12.0. The predicted molar refractivity (Wildman–Crippen MR) is 80.9 cm³/mol. The highest BCUT2D eigenvalue weighted by Gasteiger charge is 2.22. The van der Waals surface area contributed by atoms with Crippen molar-refractivity contribution in [2.75, 3.05) is 39.1 Å². The van der Waals surface area contributed by atoms with E-state index in [0.717, 1.165) is 29.6 Å². The first-order chi connectivity index (χ1) is 9.11. The molecule has 0 saturated carbocycles. The normalized spacial score (nSPS) is 20.1. The van der Waals surface area contributed by atoms with Gasteiger partial charge in [0.05, 0.1) is 10.7 Å². The van der Waals surface area contributed by atoms with Crippen LogP contribution in [0.5, 0.6) is 0 Å². The quantitative estimate of drug-likeness (QED) is 0.915. The molecule has 1 unspecified atom stereocenters. The molecule has 106 valence electrons. The van der Waals surface area contributed by atoms with Gasteiger partial charge in [0.2, 0.25) is 0 Å². The Morgan fingerprint density at radius 3 is 2.95 bits per heavy atom. The fourth-order valence-corrected chi connectivity index (χ4v) is 2.70. The lowest BCUT2D eigenvalue weighted by Crippen LogP contribution is -2.45. The molecule has 5 heteroatoms. The zero-order valence-corrected chi connectivity index (χ0v) is 12.7. The number of hydrogen-bond donors (Lipinski definition) is 1. The zero-order chi connectivity index (χ0) is 13.8. The lowest BCUT2D eigenvalue weighted by atomic mass is 10.0. The third-order valence-corrected chi connectivity index (χ3v) is 4.04. The van der Waals surface area contributed by atoms with Crippen molar-refractivity contribution in [1.82, 2.24) is 15.2 Å². The summed E-state index contributed by atoms with van der Waals surface area (Å²) in [7, 11) is 6.21. The number of likely N-dealkylation sites (N-methyl/N-ethyl adjacent to an activating group) is 1. The Kier molecular flexibility index (Phi) is 5.02. The Morgan fingerprint density at radius 1 is 1.47 bits per heavy atom. The van der Waals surface area contributed by atoms with E-state index in [4.69, 9.17) is 16.6 Å². The molecule has 1 aromatic heterocycles. The van der Waals surface area contributed by atoms with E-state index >= 15 is 0 Å². The van der Waals surface area contributed by atoms with Gasteiger partial charge in [-0.05, 0) is 46.1 Å². The van der Waals surface area contributed by atoms with Gasteiger partial charge in [0.25, 0.3) is 0 Å². The number of nitrogens with zero attached hydrogens (tertiary/aromatic N) is 3. The fraction of sp³-hybridized carbons (Fsp3) is 0.643. The van der Waals surface area contributed by atoms with Crippen LogP contribution in [0.2, 0.25) is 5.02 Å². The molecule has 1 atom stereocenters. The van der Waals surface area contributed by atoms with E-state index in [1.807, 2.05) is 19.2 Å². The highest BCUT2D eigenvalue weighted by molar-refractivity contribution is 6.31. The van der Waals surface area contributed by atoms with Gasteiger partial charge in [-0.25, -0.2) is 4.98 Å². The molecule has 19 heavy (non-hydrogen) atoms. The van der Waals surface area contributed by atoms with Gasteiger partial charge in [0.1, 0.15) is 5.82 Å². The summed E-state index contributed by atoms with van der Waals surface area (Å²) in [6.45, 7) is 2.83. The molecule has 1 saturated heterocycles. The summed E-state index contributed by atoms with van der Waals surface area (Å²) >= 11 is 6.16. The Labute approximate surface area is 120 Å². The number of rotatable bonds is 4. The topological polar surface area (TPSA) is 31.4 Å². The van der Waals surface area contributed by atoms with Gasteiger partial charge in [-0.15, -0.1) is 0 Å². The highest BCUT2D eigenvalue weighted by Crippen LogP contribution is 2.23. The van der Waals surface area contributed by atoms with Crippen molar-refractivity contribution in [3.8, 4) is 0 Å². The maximum Gasteiger partial charge on any atom is 0.129 e. The van der Waals surface area contributed by atoms with Crippen LogP contribution >= 0.6 is 11.6 Å². The van der Waals surface area contributed by atoms with E-state index in [1.54, 1.807) is 0 Å². The molecule has 2 rings (SSSR count). The molecule has 2 heterocycles. The molecule has 1 aromatic rings. The van der Waals surface area contributed by atoms with Crippen molar-refractivity contribution in [3.63, 3.8) is 0 Å². The third-order valence-electron chi connectivity index (χ3n) is 3.70. The third kappa shape index (κ3) is 3.59. The number of piperidine rings is 1. The molecular formula is C14H23ClN4. The first kappa shape index (κ1) is 14.6. The Hall–Kier alpha value is -0.840. The maximum atomic E-state index is 6.16. The molecule has 4 nitrogen and oxygen atoms in total. The van der Waals surface area contributed by atoms with Crippen LogP contribution in [0, 0.1) is 0 Å². The van der Waals surface area contributed by atoms with E-state index in [2.05, 4.69) is 29.2 Å². The fourth-order valence-electron chi connectivity index (χ4n) is 2.52. The smallest absolute Gasteiger partial charge is 0.129 e. The summed E-state index contributed by atoms with van der Waals surface area (Å²) in [5.41, 5.74) is 0.925. The van der Waals surface area contributed by atoms with Gasteiger partial charge < -0.3 is 15.1 Å². The SMILES string of the molecule is CNCc1nc(N2CCCC(N(C)C)C2)ccc1Cl. The second kappa shape index (κ2) is 6.55. The number of aromatic nitrogens is 1. The molecule has 1 fully saturated rings. The van der Waals surface area contributed by atoms with Crippen molar-refractivity contribution in [2.24, 2.45) is 0 Å². The van der Waals surface area contributed by atoms with Crippen LogP contribution in [0.15, 0.2) is 12.1 Å². The summed E-state index contributed by atoms with van der Waals surface area (Å²) < 4.78 is 0. The molecule has 0 amide bonds. The van der Waals surface area contributed by atoms with Gasteiger partial charge in [0.15, 0.2) is 0 Å². The van der Waals surface area contributed by atoms with Crippen LogP contribution in [0.4, 0.5) is 5.82 Å². The first-order valence-corrected chi connectivity index (χ1v) is 7.21. The van der Waals surface area contributed by atoms with Crippen LogP contribution in [0.1, 0.15) is 18.5 Å². The summed E-state index contributed by atoms with van der Waals surface area (Å²) in [4.78, 5) is 9.36. The number of pyridine rings is 1. The van der Waals surface area contributed by atoms with E-state index in [-0.39, 0.29) is 0 Å². The van der Waals surface area contributed by atoms with E-state index in [0.29, 0.717) is 12.6 Å². The monoisotopic (exact) mass is 282 g/mol. The minimum absolute atomic E-state index is 0.610. The Balaban J connectivity index is 2.14. The number of halogens is 1. The van der Waals surface area contributed by atoms with Crippen LogP contribution in [-0.2, 0) is 6.54 Å². The van der Waals surface area contributed by atoms with Crippen LogP contribution in [0.25, 0.3) is 0 Å². The van der Waals surface area contributed by atoms with E-state index in [1.165, 1.54) is 12.8 Å². The second-order valence-corrected chi connectivity index (χ2v) is 5.74. The molecule has 1 N–H and O–H groups in total. The number of nitrogens with one attached hydrogen (secondary N) is 1. The molecule has 0 aromatic carbocycles. The highest BCUT2D eigenvalue weighted by atomic mass is 35.5. The molecule has 1 aliphatic rings. The molecule has 0 aliphatic carbocycles. The van der Waals surface area contributed by atoms with Crippen molar-refractivity contribution < 1.29 is 0 Å². The summed E-state index contributed by atoms with van der Waals surface area (Å²) in [6, 6.07) is 4.59. The predicted octanol–water partition coefficient (Wildman–Crippen LogP) is 1.98. The molecule has 0 bridgehead atoms. The molecule has 0 spiro atoms.